The van der Waals surface area contributed by atoms with E-state index < -0.39 is 5.82 Å². The average molecular weight is 267 g/mol. The molecule has 0 atom stereocenters. The summed E-state index contributed by atoms with van der Waals surface area (Å²) < 4.78 is 15.2. The van der Waals surface area contributed by atoms with Gasteiger partial charge < -0.3 is 0 Å². The number of nitrogens with zero attached hydrogens (tertiary/aromatic N) is 2. The van der Waals surface area contributed by atoms with Crippen molar-refractivity contribution in [2.45, 2.75) is 12.8 Å². The van der Waals surface area contributed by atoms with Crippen molar-refractivity contribution in [2.75, 3.05) is 0 Å². The molecule has 2 rings (SSSR count). The van der Waals surface area contributed by atoms with Crippen molar-refractivity contribution >= 4 is 17.4 Å². The molecule has 94 valence electrons. The molecule has 0 bridgehead atoms. The topological polar surface area (TPSA) is 34.9 Å². The normalized spacial score (nSPS) is 10.6. The number of aryl methyl sites for hydroxylation is 2. The third-order valence-corrected chi connectivity index (χ3v) is 3.09. The average Bonchev–Trinajstić information content (AvgIpc) is 2.72. The Labute approximate surface area is 109 Å². The summed E-state index contributed by atoms with van der Waals surface area (Å²) in [5, 5.41) is 4.17. The molecule has 0 radical (unpaired) electrons. The predicted molar refractivity (Wildman–Crippen MR) is 67.3 cm³/mol. The third-order valence-electron chi connectivity index (χ3n) is 2.77. The van der Waals surface area contributed by atoms with E-state index in [1.807, 2.05) is 6.07 Å². The van der Waals surface area contributed by atoms with Gasteiger partial charge in [-0.15, -0.1) is 0 Å². The van der Waals surface area contributed by atoms with Gasteiger partial charge in [-0.05, 0) is 24.6 Å². The molecule has 1 heterocycles. The van der Waals surface area contributed by atoms with Crippen molar-refractivity contribution in [3.05, 3.63) is 52.6 Å². The minimum atomic E-state index is -0.572. The van der Waals surface area contributed by atoms with Gasteiger partial charge in [0.15, 0.2) is 5.78 Å². The van der Waals surface area contributed by atoms with Crippen molar-refractivity contribution in [3.63, 3.8) is 0 Å². The lowest BCUT2D eigenvalue weighted by Crippen LogP contribution is -2.07. The molecule has 1 aromatic heterocycles. The second kappa shape index (κ2) is 5.31. The number of aromatic nitrogens is 2. The van der Waals surface area contributed by atoms with Gasteiger partial charge in [0.2, 0.25) is 0 Å². The van der Waals surface area contributed by atoms with Gasteiger partial charge in [0.1, 0.15) is 5.82 Å². The quantitative estimate of drug-likeness (QED) is 0.798. The highest BCUT2D eigenvalue weighted by Crippen LogP contribution is 2.21. The molecule has 3 nitrogen and oxygen atoms in total. The van der Waals surface area contributed by atoms with Crippen molar-refractivity contribution in [2.24, 2.45) is 7.05 Å². The van der Waals surface area contributed by atoms with Crippen molar-refractivity contribution in [1.29, 1.82) is 0 Å². The molecular formula is C13H12ClFN2O. The molecule has 0 aliphatic heterocycles. The van der Waals surface area contributed by atoms with Gasteiger partial charge in [-0.2, -0.15) is 5.10 Å². The smallest absolute Gasteiger partial charge is 0.167 e. The van der Waals surface area contributed by atoms with Crippen LogP contribution in [0.25, 0.3) is 0 Å². The van der Waals surface area contributed by atoms with Crippen molar-refractivity contribution in [3.8, 4) is 0 Å². The Balaban J connectivity index is 2.11. The highest BCUT2D eigenvalue weighted by atomic mass is 35.5. The van der Waals surface area contributed by atoms with Crippen LogP contribution >= 0.6 is 11.6 Å². The summed E-state index contributed by atoms with van der Waals surface area (Å²) in [4.78, 5) is 11.9. The van der Waals surface area contributed by atoms with Gasteiger partial charge in [-0.25, -0.2) is 4.39 Å². The zero-order valence-corrected chi connectivity index (χ0v) is 10.6. The minimum Gasteiger partial charge on any atom is -0.294 e. The summed E-state index contributed by atoms with van der Waals surface area (Å²) in [6.45, 7) is 0. The Bertz CT molecular complexity index is 560. The van der Waals surface area contributed by atoms with E-state index in [1.54, 1.807) is 17.9 Å². The van der Waals surface area contributed by atoms with Crippen LogP contribution in [0.2, 0.25) is 5.02 Å². The number of Topliss-reactive ketones (excluding diaryl/α,β-unsaturated/α-hetero) is 1. The fraction of sp³-hybridized carbons (Fsp3) is 0.231. The highest BCUT2D eigenvalue weighted by molar-refractivity contribution is 6.34. The van der Waals surface area contributed by atoms with Crippen LogP contribution in [-0.2, 0) is 13.5 Å². The molecule has 2 aromatic rings. The van der Waals surface area contributed by atoms with Crippen LogP contribution in [-0.4, -0.2) is 15.6 Å². The maximum atomic E-state index is 13.5. The van der Waals surface area contributed by atoms with Crippen LogP contribution in [0.5, 0.6) is 0 Å². The van der Waals surface area contributed by atoms with E-state index in [0.29, 0.717) is 6.42 Å². The largest absolute Gasteiger partial charge is 0.294 e. The molecule has 0 spiro atoms. The zero-order chi connectivity index (χ0) is 13.1. The van der Waals surface area contributed by atoms with Gasteiger partial charge in [0.05, 0.1) is 10.6 Å². The maximum Gasteiger partial charge on any atom is 0.167 e. The van der Waals surface area contributed by atoms with Gasteiger partial charge in [0, 0.05) is 25.4 Å². The molecule has 18 heavy (non-hydrogen) atoms. The first-order valence-electron chi connectivity index (χ1n) is 5.53. The summed E-state index contributed by atoms with van der Waals surface area (Å²) in [5.41, 5.74) is 0.900. The first-order chi connectivity index (χ1) is 8.59. The Hall–Kier alpha value is -1.68. The van der Waals surface area contributed by atoms with Crippen LogP contribution in [0, 0.1) is 5.82 Å². The first kappa shape index (κ1) is 12.8. The lowest BCUT2D eigenvalue weighted by molar-refractivity contribution is 0.0978. The lowest BCUT2D eigenvalue weighted by atomic mass is 10.0. The standard InChI is InChI=1S/C13H12ClFN2O/c1-17-9(7-8-16-17)5-6-12(18)13-10(14)3-2-4-11(13)15/h2-4,7-8H,5-6H2,1H3. The molecule has 0 saturated carbocycles. The Morgan fingerprint density at radius 1 is 1.44 bits per heavy atom. The van der Waals surface area contributed by atoms with E-state index in [9.17, 15) is 9.18 Å². The SMILES string of the molecule is Cn1nccc1CCC(=O)c1c(F)cccc1Cl. The Morgan fingerprint density at radius 3 is 2.83 bits per heavy atom. The Kier molecular flexibility index (Phi) is 3.77. The summed E-state index contributed by atoms with van der Waals surface area (Å²) in [7, 11) is 1.80. The number of hydrogen-bond donors (Lipinski definition) is 0. The zero-order valence-electron chi connectivity index (χ0n) is 9.86. The second-order valence-electron chi connectivity index (χ2n) is 3.97. The lowest BCUT2D eigenvalue weighted by Gasteiger charge is -2.05. The number of ketones is 1. The van der Waals surface area contributed by atoms with Gasteiger partial charge >= 0.3 is 0 Å². The van der Waals surface area contributed by atoms with Crippen molar-refractivity contribution in [1.82, 2.24) is 9.78 Å². The second-order valence-corrected chi connectivity index (χ2v) is 4.37. The van der Waals surface area contributed by atoms with Crippen LogP contribution in [0.15, 0.2) is 30.5 Å². The number of carbonyl (C=O) groups is 1. The molecule has 5 heteroatoms. The monoisotopic (exact) mass is 266 g/mol. The predicted octanol–water partition coefficient (Wildman–Crippen LogP) is 3.03. The third kappa shape index (κ3) is 2.59. The van der Waals surface area contributed by atoms with E-state index >= 15 is 0 Å². The molecule has 0 amide bonds. The highest BCUT2D eigenvalue weighted by Gasteiger charge is 2.15. The summed E-state index contributed by atoms with van der Waals surface area (Å²) in [6, 6.07) is 6.07. The van der Waals surface area contributed by atoms with E-state index in [1.165, 1.54) is 18.2 Å². The Morgan fingerprint density at radius 2 is 2.22 bits per heavy atom. The molecule has 0 fully saturated rings. The fourth-order valence-electron chi connectivity index (χ4n) is 1.78. The molecule has 0 saturated heterocycles. The van der Waals surface area contributed by atoms with Gasteiger partial charge in [-0.3, -0.25) is 9.48 Å². The van der Waals surface area contributed by atoms with E-state index in [-0.39, 0.29) is 22.8 Å². The first-order valence-corrected chi connectivity index (χ1v) is 5.91. The summed E-state index contributed by atoms with van der Waals surface area (Å²) >= 11 is 5.84. The maximum absolute atomic E-state index is 13.5. The number of hydrogen-bond acceptors (Lipinski definition) is 2. The molecule has 1 aromatic carbocycles. The van der Waals surface area contributed by atoms with E-state index in [0.717, 1.165) is 5.69 Å². The molecule has 0 N–H and O–H groups in total. The molecular weight excluding hydrogens is 255 g/mol. The van der Waals surface area contributed by atoms with Crippen LogP contribution < -0.4 is 0 Å². The fourth-order valence-corrected chi connectivity index (χ4v) is 2.05. The summed E-state index contributed by atoms with van der Waals surface area (Å²) in [6.07, 6.45) is 2.38. The van der Waals surface area contributed by atoms with Crippen molar-refractivity contribution < 1.29 is 9.18 Å². The number of benzene rings is 1. The van der Waals surface area contributed by atoms with E-state index in [2.05, 4.69) is 5.10 Å². The minimum absolute atomic E-state index is 0.0265. The number of rotatable bonds is 4. The van der Waals surface area contributed by atoms with Crippen LogP contribution in [0.4, 0.5) is 4.39 Å². The van der Waals surface area contributed by atoms with Gasteiger partial charge in [-0.1, -0.05) is 17.7 Å². The number of carbonyl (C=O) groups excluding carboxylic acids is 1. The van der Waals surface area contributed by atoms with Crippen LogP contribution in [0.3, 0.4) is 0 Å². The summed E-state index contributed by atoms with van der Waals surface area (Å²) in [5.74, 6) is -0.864. The molecule has 0 aliphatic rings. The van der Waals surface area contributed by atoms with Gasteiger partial charge in [0.25, 0.3) is 0 Å². The van der Waals surface area contributed by atoms with E-state index in [4.69, 9.17) is 11.6 Å². The number of halogens is 2. The molecule has 0 unspecified atom stereocenters. The van der Waals surface area contributed by atoms with Crippen LogP contribution in [0.1, 0.15) is 22.5 Å². The molecule has 0 aliphatic carbocycles.